The average Bonchev–Trinajstić information content (AvgIpc) is 3.30. The van der Waals surface area contributed by atoms with E-state index in [1.165, 1.54) is 12.1 Å². The second-order valence-electron chi connectivity index (χ2n) is 8.07. The maximum Gasteiger partial charge on any atom is 0.573 e. The topological polar surface area (TPSA) is 95.6 Å². The lowest BCUT2D eigenvalue weighted by Gasteiger charge is -2.32. The Hall–Kier alpha value is -3.18. The molecule has 3 heterocycles. The summed E-state index contributed by atoms with van der Waals surface area (Å²) in [7, 11) is 0. The third kappa shape index (κ3) is 5.99. The SMILES string of the molecule is O=C(Nc1ccc(OC(F)(F)F)cc1)C1CCN(C(=O)C2CC(c3ccncc3)NN2)CC1. The van der Waals surface area contributed by atoms with Gasteiger partial charge in [-0.05, 0) is 61.2 Å². The molecule has 2 aliphatic rings. The smallest absolute Gasteiger partial charge is 0.406 e. The van der Waals surface area contributed by atoms with Crippen LogP contribution in [-0.2, 0) is 9.59 Å². The van der Waals surface area contributed by atoms with Gasteiger partial charge in [0.2, 0.25) is 11.8 Å². The van der Waals surface area contributed by atoms with Crippen LogP contribution in [0.1, 0.15) is 30.9 Å². The number of ether oxygens (including phenoxy) is 1. The van der Waals surface area contributed by atoms with Crippen LogP contribution in [0.15, 0.2) is 48.8 Å². The number of benzene rings is 1. The van der Waals surface area contributed by atoms with Crippen LogP contribution in [0.3, 0.4) is 0 Å². The van der Waals surface area contributed by atoms with Gasteiger partial charge in [0, 0.05) is 43.1 Å². The third-order valence-electron chi connectivity index (χ3n) is 5.84. The Kier molecular flexibility index (Phi) is 6.80. The number of anilines is 1. The molecule has 0 spiro atoms. The molecule has 2 unspecified atom stereocenters. The minimum Gasteiger partial charge on any atom is -0.406 e. The van der Waals surface area contributed by atoms with Gasteiger partial charge in [-0.3, -0.25) is 14.6 Å². The summed E-state index contributed by atoms with van der Waals surface area (Å²) < 4.78 is 40.6. The highest BCUT2D eigenvalue weighted by molar-refractivity contribution is 5.93. The molecule has 3 N–H and O–H groups in total. The summed E-state index contributed by atoms with van der Waals surface area (Å²) in [5.41, 5.74) is 7.66. The summed E-state index contributed by atoms with van der Waals surface area (Å²) in [6, 6.07) is 8.51. The van der Waals surface area contributed by atoms with Crippen LogP contribution >= 0.6 is 0 Å². The van der Waals surface area contributed by atoms with Gasteiger partial charge in [0.1, 0.15) is 11.8 Å². The fourth-order valence-electron chi connectivity index (χ4n) is 4.10. The number of carbonyl (C=O) groups excluding carboxylic acids is 2. The summed E-state index contributed by atoms with van der Waals surface area (Å²) in [4.78, 5) is 31.2. The first-order valence-corrected chi connectivity index (χ1v) is 10.6. The Morgan fingerprint density at radius 2 is 1.70 bits per heavy atom. The van der Waals surface area contributed by atoms with Crippen LogP contribution in [0, 0.1) is 5.92 Å². The van der Waals surface area contributed by atoms with E-state index in [4.69, 9.17) is 0 Å². The molecule has 2 fully saturated rings. The van der Waals surface area contributed by atoms with Gasteiger partial charge in [0.25, 0.3) is 0 Å². The third-order valence-corrected chi connectivity index (χ3v) is 5.84. The van der Waals surface area contributed by atoms with E-state index in [2.05, 4.69) is 25.9 Å². The van der Waals surface area contributed by atoms with Gasteiger partial charge in [-0.15, -0.1) is 13.2 Å². The first-order chi connectivity index (χ1) is 15.8. The molecular weight excluding hydrogens is 439 g/mol. The lowest BCUT2D eigenvalue weighted by molar-refractivity contribution is -0.274. The number of halogens is 3. The normalized spacial score (nSPS) is 21.6. The van der Waals surface area contributed by atoms with Gasteiger partial charge >= 0.3 is 6.36 Å². The summed E-state index contributed by atoms with van der Waals surface area (Å²) in [6.45, 7) is 0.931. The zero-order chi connectivity index (χ0) is 23.4. The molecule has 0 saturated carbocycles. The number of hydrazine groups is 1. The van der Waals surface area contributed by atoms with E-state index in [1.54, 1.807) is 17.3 Å². The number of pyridine rings is 1. The molecule has 2 aliphatic heterocycles. The lowest BCUT2D eigenvalue weighted by atomic mass is 9.94. The van der Waals surface area contributed by atoms with E-state index >= 15 is 0 Å². The largest absolute Gasteiger partial charge is 0.573 e. The van der Waals surface area contributed by atoms with Gasteiger partial charge in [0.15, 0.2) is 0 Å². The number of carbonyl (C=O) groups is 2. The minimum atomic E-state index is -4.76. The van der Waals surface area contributed by atoms with Crippen molar-refractivity contribution in [2.24, 2.45) is 5.92 Å². The predicted octanol–water partition coefficient (Wildman–Crippen LogP) is 2.77. The number of hydrogen-bond donors (Lipinski definition) is 3. The van der Waals surface area contributed by atoms with Crippen molar-refractivity contribution in [3.05, 3.63) is 54.4 Å². The molecule has 0 aliphatic carbocycles. The molecule has 2 atom stereocenters. The minimum absolute atomic E-state index is 0.00170. The molecule has 2 saturated heterocycles. The van der Waals surface area contributed by atoms with E-state index in [0.717, 1.165) is 17.7 Å². The van der Waals surface area contributed by atoms with Crippen LogP contribution < -0.4 is 20.9 Å². The Morgan fingerprint density at radius 3 is 2.33 bits per heavy atom. The van der Waals surface area contributed by atoms with Gasteiger partial charge in [-0.1, -0.05) is 0 Å². The Bertz CT molecular complexity index is 963. The van der Waals surface area contributed by atoms with Gasteiger partial charge in [0.05, 0.1) is 0 Å². The van der Waals surface area contributed by atoms with Crippen molar-refractivity contribution >= 4 is 17.5 Å². The number of likely N-dealkylation sites (tertiary alicyclic amines) is 1. The van der Waals surface area contributed by atoms with Crippen LogP contribution in [0.25, 0.3) is 0 Å². The molecular formula is C22H24F3N5O3. The lowest BCUT2D eigenvalue weighted by Crippen LogP contribution is -2.49. The second-order valence-corrected chi connectivity index (χ2v) is 8.07. The first-order valence-electron chi connectivity index (χ1n) is 10.6. The van der Waals surface area contributed by atoms with Crippen LogP contribution in [0.5, 0.6) is 5.75 Å². The van der Waals surface area contributed by atoms with E-state index in [0.29, 0.717) is 38.0 Å². The molecule has 33 heavy (non-hydrogen) atoms. The molecule has 11 heteroatoms. The Labute approximate surface area is 188 Å². The van der Waals surface area contributed by atoms with Crippen LogP contribution in [0.2, 0.25) is 0 Å². The molecule has 1 aromatic heterocycles. The quantitative estimate of drug-likeness (QED) is 0.631. The number of amides is 2. The molecule has 0 bridgehead atoms. The number of piperidine rings is 1. The van der Waals surface area contributed by atoms with E-state index in [9.17, 15) is 22.8 Å². The fourth-order valence-corrected chi connectivity index (χ4v) is 4.10. The Morgan fingerprint density at radius 1 is 1.03 bits per heavy atom. The van der Waals surface area contributed by atoms with Gasteiger partial charge in [-0.2, -0.15) is 0 Å². The molecule has 4 rings (SSSR count). The molecule has 1 aromatic carbocycles. The van der Waals surface area contributed by atoms with Crippen LogP contribution in [0.4, 0.5) is 18.9 Å². The zero-order valence-corrected chi connectivity index (χ0v) is 17.6. The predicted molar refractivity (Wildman–Crippen MR) is 113 cm³/mol. The number of hydrogen-bond acceptors (Lipinski definition) is 6. The summed E-state index contributed by atoms with van der Waals surface area (Å²) >= 11 is 0. The van der Waals surface area contributed by atoms with Crippen molar-refractivity contribution in [2.45, 2.75) is 37.7 Å². The summed E-state index contributed by atoms with van der Waals surface area (Å²) in [6.07, 6.45) is 0.318. The summed E-state index contributed by atoms with van der Waals surface area (Å²) in [5.74, 6) is -0.851. The maximum atomic E-state index is 12.9. The molecule has 176 valence electrons. The van der Waals surface area contributed by atoms with E-state index in [-0.39, 0.29) is 35.6 Å². The highest BCUT2D eigenvalue weighted by Crippen LogP contribution is 2.26. The molecule has 8 nitrogen and oxygen atoms in total. The number of aromatic nitrogens is 1. The van der Waals surface area contributed by atoms with Crippen molar-refractivity contribution in [3.63, 3.8) is 0 Å². The zero-order valence-electron chi connectivity index (χ0n) is 17.6. The second kappa shape index (κ2) is 9.75. The average molecular weight is 463 g/mol. The maximum absolute atomic E-state index is 12.9. The first kappa shape index (κ1) is 23.0. The van der Waals surface area contributed by atoms with Crippen molar-refractivity contribution in [3.8, 4) is 5.75 Å². The number of rotatable bonds is 5. The fraction of sp³-hybridized carbons (Fsp3) is 0.409. The molecule has 2 aromatic rings. The number of nitrogens with zero attached hydrogens (tertiary/aromatic N) is 2. The van der Waals surface area contributed by atoms with Crippen molar-refractivity contribution in [1.29, 1.82) is 0 Å². The van der Waals surface area contributed by atoms with Crippen LogP contribution in [-0.4, -0.2) is 47.2 Å². The standard InChI is InChI=1S/C22H24F3N5O3/c23-22(24,25)33-17-3-1-16(2-4-17)27-20(31)15-7-11-30(12-8-15)21(32)19-13-18(28-29-19)14-5-9-26-10-6-14/h1-6,9-10,15,18-19,28-29H,7-8,11-13H2,(H,27,31). The van der Waals surface area contributed by atoms with Gasteiger partial charge in [-0.25, -0.2) is 10.9 Å². The highest BCUT2D eigenvalue weighted by atomic mass is 19.4. The van der Waals surface area contributed by atoms with Crippen molar-refractivity contribution in [1.82, 2.24) is 20.7 Å². The number of nitrogens with one attached hydrogen (secondary N) is 3. The van der Waals surface area contributed by atoms with E-state index in [1.807, 2.05) is 12.1 Å². The van der Waals surface area contributed by atoms with Gasteiger partial charge < -0.3 is 15.0 Å². The molecule has 0 radical (unpaired) electrons. The molecule has 2 amide bonds. The number of alkyl halides is 3. The monoisotopic (exact) mass is 463 g/mol. The Balaban J connectivity index is 1.24. The van der Waals surface area contributed by atoms with Crippen molar-refractivity contribution < 1.29 is 27.5 Å². The van der Waals surface area contributed by atoms with Crippen molar-refractivity contribution in [2.75, 3.05) is 18.4 Å². The summed E-state index contributed by atoms with van der Waals surface area (Å²) in [5, 5.41) is 2.72. The highest BCUT2D eigenvalue weighted by Gasteiger charge is 2.35. The van der Waals surface area contributed by atoms with E-state index < -0.39 is 6.36 Å².